The Morgan fingerprint density at radius 3 is 2.82 bits per heavy atom. The molecule has 0 radical (unpaired) electrons. The van der Waals surface area contributed by atoms with E-state index >= 15 is 0 Å². The summed E-state index contributed by atoms with van der Waals surface area (Å²) in [6.45, 7) is 3.86. The molecule has 7 nitrogen and oxygen atoms in total. The number of nitrogens with one attached hydrogen (secondary N) is 1. The number of hydrogen-bond donors (Lipinski definition) is 2. The van der Waals surface area contributed by atoms with Crippen LogP contribution in [0.25, 0.3) is 10.2 Å². The Morgan fingerprint density at radius 1 is 1.18 bits per heavy atom. The zero-order chi connectivity index (χ0) is 22.2. The molecular formula is C25H32N4O3S. The maximum atomic E-state index is 10.7. The number of hydrogen-bond acceptors (Lipinski definition) is 7. The molecule has 0 aromatic carbocycles. The number of fused-ring (bicyclic) bond motifs is 3. The number of pyridine rings is 1. The van der Waals surface area contributed by atoms with Crippen LogP contribution in [0.15, 0.2) is 24.5 Å². The lowest BCUT2D eigenvalue weighted by atomic mass is 9.91. The highest BCUT2D eigenvalue weighted by atomic mass is 32.1. The molecule has 0 unspecified atom stereocenters. The van der Waals surface area contributed by atoms with E-state index in [9.17, 15) is 5.11 Å². The number of rotatable bonds is 6. The van der Waals surface area contributed by atoms with Crippen molar-refractivity contribution in [3.63, 3.8) is 0 Å². The molecule has 33 heavy (non-hydrogen) atoms. The van der Waals surface area contributed by atoms with Gasteiger partial charge in [0.25, 0.3) is 0 Å². The summed E-state index contributed by atoms with van der Waals surface area (Å²) in [5.74, 6) is 1.29. The maximum Gasteiger partial charge on any atom is 0.131 e. The highest BCUT2D eigenvalue weighted by molar-refractivity contribution is 7.19. The van der Waals surface area contributed by atoms with Crippen molar-refractivity contribution in [2.75, 3.05) is 26.3 Å². The molecule has 0 amide bonds. The van der Waals surface area contributed by atoms with Gasteiger partial charge in [-0.2, -0.15) is 5.10 Å². The van der Waals surface area contributed by atoms with E-state index in [2.05, 4.69) is 20.1 Å². The van der Waals surface area contributed by atoms with Crippen molar-refractivity contribution < 1.29 is 14.6 Å². The summed E-state index contributed by atoms with van der Waals surface area (Å²) in [4.78, 5) is 9.75. The molecule has 8 heteroatoms. The fraction of sp³-hybridized carbons (Fsp3) is 0.600. The van der Waals surface area contributed by atoms with Crippen LogP contribution < -0.4 is 4.74 Å². The highest BCUT2D eigenvalue weighted by Gasteiger charge is 2.33. The number of thiophene rings is 1. The molecule has 2 aliphatic carbocycles. The van der Waals surface area contributed by atoms with E-state index in [-0.39, 0.29) is 6.10 Å². The molecule has 0 bridgehead atoms. The number of nitrogens with zero attached hydrogens (tertiary/aromatic N) is 3. The Balaban J connectivity index is 1.18. The van der Waals surface area contributed by atoms with Crippen molar-refractivity contribution in [3.05, 3.63) is 40.7 Å². The van der Waals surface area contributed by atoms with Crippen molar-refractivity contribution in [1.82, 2.24) is 20.1 Å². The Kier molecular flexibility index (Phi) is 6.09. The molecule has 1 aliphatic heterocycles. The monoisotopic (exact) mass is 468 g/mol. The second-order valence-electron chi connectivity index (χ2n) is 9.61. The lowest BCUT2D eigenvalue weighted by molar-refractivity contribution is -0.000920. The van der Waals surface area contributed by atoms with Crippen molar-refractivity contribution in [3.8, 4) is 5.75 Å². The molecule has 1 saturated heterocycles. The van der Waals surface area contributed by atoms with Crippen LogP contribution in [0, 0.1) is 0 Å². The summed E-state index contributed by atoms with van der Waals surface area (Å²) in [6, 6.07) is 4.57. The van der Waals surface area contributed by atoms with Crippen LogP contribution in [0.2, 0.25) is 0 Å². The van der Waals surface area contributed by atoms with Gasteiger partial charge in [-0.25, -0.2) is 4.98 Å². The number of aryl methyl sites for hydroxylation is 1. The fourth-order valence-corrected chi connectivity index (χ4v) is 7.22. The number of ether oxygens (including phenoxy) is 2. The van der Waals surface area contributed by atoms with Crippen LogP contribution in [-0.4, -0.2) is 63.6 Å². The Morgan fingerprint density at radius 2 is 2.03 bits per heavy atom. The number of aromatic amines is 1. The second-order valence-corrected chi connectivity index (χ2v) is 10.7. The first-order chi connectivity index (χ1) is 16.3. The summed E-state index contributed by atoms with van der Waals surface area (Å²) in [5, 5.41) is 18.9. The standard InChI is InChI=1S/C25H32N4O3S/c30-20(19-7-10-27-28-19)15-16-1-6-22-23(16)24-21(8-9-26-25(24)33-22)32-18-4-2-17(3-5-18)29-11-13-31-14-12-29/h7-10,16-18,20,30H,1-6,11-15H2,(H,27,28)/t16-,17-,18-,20-/m1/s1. The fourth-order valence-electron chi connectivity index (χ4n) is 5.96. The first-order valence-corrected chi connectivity index (χ1v) is 13.1. The Hall–Kier alpha value is -2.00. The molecule has 3 aromatic rings. The molecule has 176 valence electrons. The van der Waals surface area contributed by atoms with Crippen molar-refractivity contribution in [2.45, 2.75) is 69.1 Å². The Bertz CT molecular complexity index is 1070. The number of aromatic nitrogens is 3. The van der Waals surface area contributed by atoms with Gasteiger partial charge in [0.05, 0.1) is 36.5 Å². The zero-order valence-corrected chi connectivity index (χ0v) is 19.7. The van der Waals surface area contributed by atoms with E-state index < -0.39 is 6.10 Å². The van der Waals surface area contributed by atoms with Crippen LogP contribution in [-0.2, 0) is 11.2 Å². The van der Waals surface area contributed by atoms with Gasteiger partial charge in [0.1, 0.15) is 10.6 Å². The van der Waals surface area contributed by atoms with E-state index in [1.165, 1.54) is 28.7 Å². The van der Waals surface area contributed by atoms with Crippen LogP contribution in [0.1, 0.15) is 66.7 Å². The zero-order valence-electron chi connectivity index (χ0n) is 18.9. The van der Waals surface area contributed by atoms with Gasteiger partial charge < -0.3 is 14.6 Å². The van der Waals surface area contributed by atoms with Crippen molar-refractivity contribution in [2.24, 2.45) is 0 Å². The lowest BCUT2D eigenvalue weighted by Gasteiger charge is -2.38. The third-order valence-electron chi connectivity index (χ3n) is 7.67. The summed E-state index contributed by atoms with van der Waals surface area (Å²) in [6.07, 6.45) is 10.7. The molecule has 2 N–H and O–H groups in total. The molecule has 2 atom stereocenters. The first-order valence-electron chi connectivity index (χ1n) is 12.3. The molecule has 3 aromatic heterocycles. The topological polar surface area (TPSA) is 83.5 Å². The second kappa shape index (κ2) is 9.33. The summed E-state index contributed by atoms with van der Waals surface area (Å²) >= 11 is 1.80. The summed E-state index contributed by atoms with van der Waals surface area (Å²) < 4.78 is 12.2. The predicted molar refractivity (Wildman–Crippen MR) is 128 cm³/mol. The molecule has 0 spiro atoms. The quantitative estimate of drug-likeness (QED) is 0.564. The largest absolute Gasteiger partial charge is 0.490 e. The van der Waals surface area contributed by atoms with Gasteiger partial charge in [-0.3, -0.25) is 10.00 Å². The van der Waals surface area contributed by atoms with E-state index in [0.29, 0.717) is 18.4 Å². The summed E-state index contributed by atoms with van der Waals surface area (Å²) in [5.41, 5.74) is 2.07. The lowest BCUT2D eigenvalue weighted by Crippen LogP contribution is -2.46. The van der Waals surface area contributed by atoms with Gasteiger partial charge in [0, 0.05) is 36.4 Å². The van der Waals surface area contributed by atoms with Gasteiger partial charge in [0.15, 0.2) is 0 Å². The van der Waals surface area contributed by atoms with Crippen molar-refractivity contribution >= 4 is 21.6 Å². The van der Waals surface area contributed by atoms with Crippen LogP contribution >= 0.6 is 11.3 Å². The number of H-pyrrole nitrogens is 1. The first kappa shape index (κ1) is 21.5. The minimum atomic E-state index is -0.557. The van der Waals surface area contributed by atoms with E-state index in [4.69, 9.17) is 9.47 Å². The smallest absolute Gasteiger partial charge is 0.131 e. The van der Waals surface area contributed by atoms with Gasteiger partial charge in [-0.05, 0) is 68.6 Å². The van der Waals surface area contributed by atoms with Gasteiger partial charge in [-0.15, -0.1) is 11.3 Å². The highest BCUT2D eigenvalue weighted by Crippen LogP contribution is 2.49. The van der Waals surface area contributed by atoms with E-state index in [1.54, 1.807) is 17.5 Å². The molecule has 2 fully saturated rings. The number of aliphatic hydroxyl groups is 1. The average Bonchev–Trinajstić information content (AvgIpc) is 3.59. The molecule has 3 aliphatic rings. The third-order valence-corrected chi connectivity index (χ3v) is 8.84. The number of aliphatic hydroxyl groups excluding tert-OH is 1. The van der Waals surface area contributed by atoms with Gasteiger partial charge in [0.2, 0.25) is 0 Å². The van der Waals surface area contributed by atoms with E-state index in [1.807, 2.05) is 18.3 Å². The molecule has 4 heterocycles. The summed E-state index contributed by atoms with van der Waals surface area (Å²) in [7, 11) is 0. The molecular weight excluding hydrogens is 436 g/mol. The van der Waals surface area contributed by atoms with Crippen LogP contribution in [0.5, 0.6) is 5.75 Å². The normalized spacial score (nSPS) is 27.0. The van der Waals surface area contributed by atoms with Gasteiger partial charge in [-0.1, -0.05) is 0 Å². The molecule has 1 saturated carbocycles. The SMILES string of the molecule is O[C@H](C[C@H]1CCc2sc3nccc(O[C@H]4CC[C@H](N5CCOCC5)CC4)c3c21)c1cc[nH]n1. The van der Waals surface area contributed by atoms with E-state index in [0.717, 1.165) is 68.3 Å². The van der Waals surface area contributed by atoms with Crippen LogP contribution in [0.4, 0.5) is 0 Å². The van der Waals surface area contributed by atoms with Crippen molar-refractivity contribution in [1.29, 1.82) is 0 Å². The minimum Gasteiger partial charge on any atom is -0.490 e. The molecule has 6 rings (SSSR count). The van der Waals surface area contributed by atoms with Gasteiger partial charge >= 0.3 is 0 Å². The predicted octanol–water partition coefficient (Wildman–Crippen LogP) is 4.20. The number of morpholine rings is 1. The Labute approximate surface area is 198 Å². The average molecular weight is 469 g/mol. The maximum absolute atomic E-state index is 10.7. The minimum absolute atomic E-state index is 0.262. The van der Waals surface area contributed by atoms with Crippen LogP contribution in [0.3, 0.4) is 0 Å². The third kappa shape index (κ3) is 4.30.